The Kier molecular flexibility index (Phi) is 6.67. The molecule has 9 nitrogen and oxygen atoms in total. The van der Waals surface area contributed by atoms with E-state index in [1.54, 1.807) is 25.7 Å². The quantitative estimate of drug-likeness (QED) is 0.626. The van der Waals surface area contributed by atoms with Crippen molar-refractivity contribution in [2.75, 3.05) is 13.1 Å². The van der Waals surface area contributed by atoms with Crippen LogP contribution in [0.1, 0.15) is 53.4 Å². The number of nitrogens with one attached hydrogen (secondary N) is 2. The van der Waals surface area contributed by atoms with Gasteiger partial charge in [-0.15, -0.1) is 0 Å². The molecular formula is C18H29N3O6. The van der Waals surface area contributed by atoms with E-state index in [4.69, 9.17) is 9.47 Å². The van der Waals surface area contributed by atoms with Crippen molar-refractivity contribution in [2.45, 2.75) is 77.2 Å². The van der Waals surface area contributed by atoms with Gasteiger partial charge in [0.2, 0.25) is 12.0 Å². The van der Waals surface area contributed by atoms with Crippen LogP contribution in [0.2, 0.25) is 0 Å². The second kappa shape index (κ2) is 8.58. The first-order valence-electron chi connectivity index (χ1n) is 9.30. The van der Waals surface area contributed by atoms with Crippen LogP contribution >= 0.6 is 0 Å². The molecule has 1 saturated carbocycles. The standard InChI is InChI=1S/C18H29N3O6/c1-11(22)26-15(16(24)19-12-7-8-12)13(10-21-9-5-6-14(21)23)20-17(25)27-18(2,3)4/h12-13,15H,5-10H2,1-4H3,(H,19,24)(H,20,25)/t13-,15-/m0/s1. The topological polar surface area (TPSA) is 114 Å². The lowest BCUT2D eigenvalue weighted by molar-refractivity contribution is -0.156. The Bertz CT molecular complexity index is 596. The molecule has 0 spiro atoms. The van der Waals surface area contributed by atoms with Gasteiger partial charge >= 0.3 is 12.1 Å². The van der Waals surface area contributed by atoms with Crippen molar-refractivity contribution in [2.24, 2.45) is 0 Å². The Balaban J connectivity index is 2.16. The number of hydrogen-bond acceptors (Lipinski definition) is 6. The predicted molar refractivity (Wildman–Crippen MR) is 95.7 cm³/mol. The fraction of sp³-hybridized carbons (Fsp3) is 0.778. The van der Waals surface area contributed by atoms with Gasteiger partial charge in [-0.3, -0.25) is 14.4 Å². The average molecular weight is 383 g/mol. The van der Waals surface area contributed by atoms with Gasteiger partial charge in [-0.05, 0) is 40.0 Å². The second-order valence-electron chi connectivity index (χ2n) is 8.01. The summed E-state index contributed by atoms with van der Waals surface area (Å²) in [5.41, 5.74) is -0.731. The van der Waals surface area contributed by atoms with Gasteiger partial charge < -0.3 is 25.0 Å². The number of alkyl carbamates (subject to hydrolysis) is 1. The molecule has 152 valence electrons. The summed E-state index contributed by atoms with van der Waals surface area (Å²) < 4.78 is 10.5. The van der Waals surface area contributed by atoms with Crippen LogP contribution in [0, 0.1) is 0 Å². The SMILES string of the molecule is CC(=O)O[C@H](C(=O)NC1CC1)[C@H](CN1CCCC1=O)NC(=O)OC(C)(C)C. The third-order valence-corrected chi connectivity index (χ3v) is 4.13. The fourth-order valence-corrected chi connectivity index (χ4v) is 2.82. The van der Waals surface area contributed by atoms with Crippen molar-refractivity contribution in [3.63, 3.8) is 0 Å². The van der Waals surface area contributed by atoms with Crippen molar-refractivity contribution in [1.82, 2.24) is 15.5 Å². The van der Waals surface area contributed by atoms with Crippen LogP contribution in [0.4, 0.5) is 4.79 Å². The number of carbonyl (C=O) groups excluding carboxylic acids is 4. The largest absolute Gasteiger partial charge is 0.450 e. The van der Waals surface area contributed by atoms with Crippen LogP contribution in [-0.2, 0) is 23.9 Å². The number of hydrogen-bond donors (Lipinski definition) is 2. The Morgan fingerprint density at radius 3 is 2.41 bits per heavy atom. The summed E-state index contributed by atoms with van der Waals surface area (Å²) in [6.07, 6.45) is 0.885. The highest BCUT2D eigenvalue weighted by atomic mass is 16.6. The first kappa shape index (κ1) is 21.0. The van der Waals surface area contributed by atoms with E-state index in [9.17, 15) is 19.2 Å². The highest BCUT2D eigenvalue weighted by Crippen LogP contribution is 2.20. The van der Waals surface area contributed by atoms with Gasteiger partial charge in [0.25, 0.3) is 5.91 Å². The van der Waals surface area contributed by atoms with Gasteiger partial charge in [-0.25, -0.2) is 4.79 Å². The van der Waals surface area contributed by atoms with Gasteiger partial charge in [0, 0.05) is 32.5 Å². The summed E-state index contributed by atoms with van der Waals surface area (Å²) >= 11 is 0. The van der Waals surface area contributed by atoms with Gasteiger partial charge in [0.1, 0.15) is 5.60 Å². The monoisotopic (exact) mass is 383 g/mol. The lowest BCUT2D eigenvalue weighted by Crippen LogP contribution is -2.57. The first-order valence-corrected chi connectivity index (χ1v) is 9.30. The zero-order valence-corrected chi connectivity index (χ0v) is 16.4. The molecule has 0 aromatic rings. The number of esters is 1. The number of ether oxygens (including phenoxy) is 2. The predicted octanol–water partition coefficient (Wildman–Crippen LogP) is 0.712. The van der Waals surface area contributed by atoms with E-state index >= 15 is 0 Å². The summed E-state index contributed by atoms with van der Waals surface area (Å²) in [5.74, 6) is -1.19. The molecular weight excluding hydrogens is 354 g/mol. The zero-order chi connectivity index (χ0) is 20.2. The van der Waals surface area contributed by atoms with Gasteiger partial charge in [-0.2, -0.15) is 0 Å². The van der Waals surface area contributed by atoms with Crippen molar-refractivity contribution in [1.29, 1.82) is 0 Å². The van der Waals surface area contributed by atoms with E-state index in [1.165, 1.54) is 6.92 Å². The fourth-order valence-electron chi connectivity index (χ4n) is 2.82. The van der Waals surface area contributed by atoms with E-state index in [-0.39, 0.29) is 18.5 Å². The zero-order valence-electron chi connectivity index (χ0n) is 16.4. The molecule has 0 aromatic heterocycles. The maximum atomic E-state index is 12.6. The molecule has 0 aromatic carbocycles. The van der Waals surface area contributed by atoms with Crippen LogP contribution in [0.25, 0.3) is 0 Å². The molecule has 9 heteroatoms. The third-order valence-electron chi connectivity index (χ3n) is 4.13. The molecule has 2 fully saturated rings. The second-order valence-corrected chi connectivity index (χ2v) is 8.01. The molecule has 2 N–H and O–H groups in total. The third kappa shape index (κ3) is 7.07. The number of rotatable bonds is 7. The van der Waals surface area contributed by atoms with Gasteiger partial charge in [0.05, 0.1) is 6.04 Å². The van der Waals surface area contributed by atoms with Crippen molar-refractivity contribution in [3.05, 3.63) is 0 Å². The molecule has 0 radical (unpaired) electrons. The Morgan fingerprint density at radius 2 is 1.93 bits per heavy atom. The summed E-state index contributed by atoms with van der Waals surface area (Å²) in [6, 6.07) is -0.851. The Hall–Kier alpha value is -2.32. The maximum absolute atomic E-state index is 12.6. The molecule has 27 heavy (non-hydrogen) atoms. The van der Waals surface area contributed by atoms with E-state index < -0.39 is 35.7 Å². The van der Waals surface area contributed by atoms with Crippen LogP contribution in [0.15, 0.2) is 0 Å². The normalized spacial score (nSPS) is 19.3. The molecule has 2 atom stereocenters. The summed E-state index contributed by atoms with van der Waals surface area (Å²) in [5, 5.41) is 5.39. The summed E-state index contributed by atoms with van der Waals surface area (Å²) in [7, 11) is 0. The van der Waals surface area contributed by atoms with Crippen LogP contribution in [0.5, 0.6) is 0 Å². The van der Waals surface area contributed by atoms with Crippen molar-refractivity contribution >= 4 is 23.9 Å². The lowest BCUT2D eigenvalue weighted by atomic mass is 10.1. The molecule has 1 saturated heterocycles. The Labute approximate surface area is 159 Å². The molecule has 1 heterocycles. The van der Waals surface area contributed by atoms with E-state index in [2.05, 4.69) is 10.6 Å². The van der Waals surface area contributed by atoms with Gasteiger partial charge in [0.15, 0.2) is 0 Å². The molecule has 0 bridgehead atoms. The smallest absolute Gasteiger partial charge is 0.408 e. The summed E-state index contributed by atoms with van der Waals surface area (Å²) in [6.45, 7) is 6.94. The highest BCUT2D eigenvalue weighted by molar-refractivity contribution is 5.85. The van der Waals surface area contributed by atoms with Gasteiger partial charge in [-0.1, -0.05) is 0 Å². The van der Waals surface area contributed by atoms with Crippen LogP contribution in [-0.4, -0.2) is 65.7 Å². The minimum Gasteiger partial charge on any atom is -0.450 e. The van der Waals surface area contributed by atoms with Crippen LogP contribution in [0.3, 0.4) is 0 Å². The van der Waals surface area contributed by atoms with Crippen LogP contribution < -0.4 is 10.6 Å². The molecule has 3 amide bonds. The summed E-state index contributed by atoms with van der Waals surface area (Å²) in [4.78, 5) is 50.0. The Morgan fingerprint density at radius 1 is 1.26 bits per heavy atom. The van der Waals surface area contributed by atoms with Crippen molar-refractivity contribution < 1.29 is 28.7 Å². The first-order chi connectivity index (χ1) is 12.5. The lowest BCUT2D eigenvalue weighted by Gasteiger charge is -2.31. The van der Waals surface area contributed by atoms with E-state index in [0.29, 0.717) is 19.4 Å². The maximum Gasteiger partial charge on any atom is 0.408 e. The minimum absolute atomic E-state index is 0.0600. The molecule has 1 aliphatic carbocycles. The van der Waals surface area contributed by atoms with E-state index in [0.717, 1.165) is 12.8 Å². The molecule has 0 unspecified atom stereocenters. The average Bonchev–Trinajstić information content (AvgIpc) is 3.23. The number of likely N-dealkylation sites (tertiary alicyclic amines) is 1. The molecule has 1 aliphatic heterocycles. The number of amides is 3. The number of nitrogens with zero attached hydrogens (tertiary/aromatic N) is 1. The number of carbonyl (C=O) groups is 4. The molecule has 2 aliphatic rings. The highest BCUT2D eigenvalue weighted by Gasteiger charge is 2.38. The molecule has 2 rings (SSSR count). The van der Waals surface area contributed by atoms with Crippen molar-refractivity contribution in [3.8, 4) is 0 Å². The van der Waals surface area contributed by atoms with E-state index in [1.807, 2.05) is 0 Å². The minimum atomic E-state index is -1.25.